The lowest BCUT2D eigenvalue weighted by molar-refractivity contribution is -0.142. The molecular weight excluding hydrogens is 266 g/mol. The molecule has 1 aromatic carbocycles. The summed E-state index contributed by atoms with van der Waals surface area (Å²) in [5, 5.41) is 3.64. The summed E-state index contributed by atoms with van der Waals surface area (Å²) in [6, 6.07) is 0. The number of methoxy groups -OCH3 is 1. The Morgan fingerprint density at radius 3 is 2.48 bits per heavy atom. The molecule has 1 aliphatic rings. The Hall–Kier alpha value is -1.71. The third-order valence-corrected chi connectivity index (χ3v) is 4.40. The van der Waals surface area contributed by atoms with Gasteiger partial charge in [-0.25, -0.2) is 4.79 Å². The second-order valence-electron chi connectivity index (χ2n) is 6.43. The average molecular weight is 291 g/mol. The largest absolute Gasteiger partial charge is 0.481 e. The summed E-state index contributed by atoms with van der Waals surface area (Å²) in [5.74, 6) is 0.460. The molecule has 0 atom stereocenters. The Balaban J connectivity index is 2.42. The Kier molecular flexibility index (Phi) is 4.17. The zero-order valence-electron chi connectivity index (χ0n) is 13.8. The van der Waals surface area contributed by atoms with Gasteiger partial charge in [0.25, 0.3) is 0 Å². The summed E-state index contributed by atoms with van der Waals surface area (Å²) < 4.78 is 10.4. The van der Waals surface area contributed by atoms with Crippen molar-refractivity contribution < 1.29 is 14.3 Å². The Bertz CT molecular complexity index is 576. The van der Waals surface area contributed by atoms with Crippen molar-refractivity contribution in [2.45, 2.75) is 53.0 Å². The van der Waals surface area contributed by atoms with Gasteiger partial charge >= 0.3 is 5.97 Å². The van der Waals surface area contributed by atoms with Crippen LogP contribution in [-0.4, -0.2) is 25.2 Å². The van der Waals surface area contributed by atoms with Crippen LogP contribution in [0.5, 0.6) is 5.75 Å². The van der Waals surface area contributed by atoms with Crippen LogP contribution in [0, 0.1) is 20.8 Å². The van der Waals surface area contributed by atoms with Crippen molar-refractivity contribution in [1.29, 1.82) is 0 Å². The summed E-state index contributed by atoms with van der Waals surface area (Å²) in [6.07, 6.45) is 2.11. The quantitative estimate of drug-likeness (QED) is 0.868. The van der Waals surface area contributed by atoms with Crippen LogP contribution in [0.4, 0.5) is 5.69 Å². The predicted molar refractivity (Wildman–Crippen MR) is 84.2 cm³/mol. The molecule has 1 N–H and O–H groups in total. The molecule has 0 aromatic heterocycles. The van der Waals surface area contributed by atoms with E-state index in [-0.39, 0.29) is 18.1 Å². The molecule has 4 heteroatoms. The maximum absolute atomic E-state index is 11.3. The van der Waals surface area contributed by atoms with Crippen molar-refractivity contribution in [3.8, 4) is 5.75 Å². The number of carbonyl (C=O) groups excluding carboxylic acids is 1. The molecule has 0 bridgehead atoms. The first-order valence-electron chi connectivity index (χ1n) is 7.37. The van der Waals surface area contributed by atoms with E-state index in [2.05, 4.69) is 37.7 Å². The number of rotatable bonds is 3. The molecule has 1 heterocycles. The molecule has 0 fully saturated rings. The van der Waals surface area contributed by atoms with Crippen LogP contribution in [0.2, 0.25) is 0 Å². The van der Waals surface area contributed by atoms with Crippen LogP contribution in [0.1, 0.15) is 42.5 Å². The fourth-order valence-electron chi connectivity index (χ4n) is 2.92. The lowest BCUT2D eigenvalue weighted by Crippen LogP contribution is -2.36. The number of fused-ring (bicyclic) bond motifs is 1. The molecule has 4 nitrogen and oxygen atoms in total. The van der Waals surface area contributed by atoms with Gasteiger partial charge in [0.1, 0.15) is 5.75 Å². The van der Waals surface area contributed by atoms with Crippen LogP contribution < -0.4 is 10.1 Å². The highest BCUT2D eigenvalue weighted by molar-refractivity contribution is 5.72. The van der Waals surface area contributed by atoms with Crippen molar-refractivity contribution in [2.24, 2.45) is 0 Å². The molecule has 0 aliphatic carbocycles. The predicted octanol–water partition coefficient (Wildman–Crippen LogP) is 3.30. The van der Waals surface area contributed by atoms with E-state index in [1.54, 1.807) is 0 Å². The SMILES string of the molecule is COC(=O)COc1c(C)c(C)c2c(c1C)CCC(C)(C)N2. The maximum atomic E-state index is 11.3. The van der Waals surface area contributed by atoms with Crippen LogP contribution in [0.25, 0.3) is 0 Å². The number of anilines is 1. The van der Waals surface area contributed by atoms with Gasteiger partial charge in [0, 0.05) is 11.2 Å². The minimum atomic E-state index is -0.358. The lowest BCUT2D eigenvalue weighted by Gasteiger charge is -2.36. The Morgan fingerprint density at radius 1 is 1.19 bits per heavy atom. The lowest BCUT2D eigenvalue weighted by atomic mass is 9.84. The molecule has 1 aromatic rings. The first kappa shape index (κ1) is 15.7. The van der Waals surface area contributed by atoms with E-state index in [1.165, 1.54) is 23.9 Å². The van der Waals surface area contributed by atoms with Gasteiger partial charge in [-0.05, 0) is 69.7 Å². The Labute approximate surface area is 126 Å². The van der Waals surface area contributed by atoms with E-state index in [0.717, 1.165) is 29.7 Å². The number of hydrogen-bond acceptors (Lipinski definition) is 4. The van der Waals surface area contributed by atoms with Crippen molar-refractivity contribution in [3.63, 3.8) is 0 Å². The highest BCUT2D eigenvalue weighted by Gasteiger charge is 2.29. The third-order valence-electron chi connectivity index (χ3n) is 4.40. The second kappa shape index (κ2) is 5.58. The average Bonchev–Trinajstić information content (AvgIpc) is 2.43. The maximum Gasteiger partial charge on any atom is 0.343 e. The van der Waals surface area contributed by atoms with E-state index < -0.39 is 0 Å². The molecule has 0 saturated carbocycles. The van der Waals surface area contributed by atoms with E-state index in [0.29, 0.717) is 0 Å². The summed E-state index contributed by atoms with van der Waals surface area (Å²) in [4.78, 5) is 11.3. The smallest absolute Gasteiger partial charge is 0.343 e. The topological polar surface area (TPSA) is 47.6 Å². The molecule has 0 saturated heterocycles. The normalized spacial score (nSPS) is 15.9. The van der Waals surface area contributed by atoms with Gasteiger partial charge in [-0.15, -0.1) is 0 Å². The summed E-state index contributed by atoms with van der Waals surface area (Å²) in [7, 11) is 1.37. The Morgan fingerprint density at radius 2 is 1.86 bits per heavy atom. The van der Waals surface area contributed by atoms with E-state index >= 15 is 0 Å². The second-order valence-corrected chi connectivity index (χ2v) is 6.43. The molecule has 21 heavy (non-hydrogen) atoms. The van der Waals surface area contributed by atoms with Gasteiger partial charge in [0.2, 0.25) is 0 Å². The molecule has 0 spiro atoms. The molecular formula is C17H25NO3. The highest BCUT2D eigenvalue weighted by Crippen LogP contribution is 2.41. The molecule has 1 aliphatic heterocycles. The molecule has 0 radical (unpaired) electrons. The number of nitrogens with one attached hydrogen (secondary N) is 1. The van der Waals surface area contributed by atoms with Crippen LogP contribution in [0.3, 0.4) is 0 Å². The van der Waals surface area contributed by atoms with E-state index in [4.69, 9.17) is 4.74 Å². The summed E-state index contributed by atoms with van der Waals surface area (Å²) >= 11 is 0. The van der Waals surface area contributed by atoms with Crippen LogP contribution in [0.15, 0.2) is 0 Å². The van der Waals surface area contributed by atoms with E-state index in [1.807, 2.05) is 6.92 Å². The zero-order valence-corrected chi connectivity index (χ0v) is 13.8. The monoisotopic (exact) mass is 291 g/mol. The van der Waals surface area contributed by atoms with E-state index in [9.17, 15) is 4.79 Å². The van der Waals surface area contributed by atoms with Gasteiger partial charge in [-0.1, -0.05) is 0 Å². The van der Waals surface area contributed by atoms with Gasteiger partial charge in [0.05, 0.1) is 7.11 Å². The fourth-order valence-corrected chi connectivity index (χ4v) is 2.92. The van der Waals surface area contributed by atoms with Gasteiger partial charge < -0.3 is 14.8 Å². The molecule has 116 valence electrons. The molecule has 2 rings (SSSR count). The number of carbonyl (C=O) groups is 1. The van der Waals surface area contributed by atoms with Gasteiger partial charge in [0.15, 0.2) is 6.61 Å². The first-order valence-corrected chi connectivity index (χ1v) is 7.37. The fraction of sp³-hybridized carbons (Fsp3) is 0.588. The van der Waals surface area contributed by atoms with Crippen molar-refractivity contribution >= 4 is 11.7 Å². The minimum absolute atomic E-state index is 0.0463. The standard InChI is InChI=1S/C17H25NO3/c1-10-11(2)16(21-9-14(19)20-6)12(3)13-7-8-17(4,5)18-15(10)13/h18H,7-9H2,1-6H3. The van der Waals surface area contributed by atoms with Gasteiger partial charge in [-0.3, -0.25) is 0 Å². The third kappa shape index (κ3) is 2.99. The van der Waals surface area contributed by atoms with Gasteiger partial charge in [-0.2, -0.15) is 0 Å². The van der Waals surface area contributed by atoms with Crippen LogP contribution in [-0.2, 0) is 16.0 Å². The van der Waals surface area contributed by atoms with Crippen LogP contribution >= 0.6 is 0 Å². The zero-order chi connectivity index (χ0) is 15.8. The number of benzene rings is 1. The molecule has 0 unspecified atom stereocenters. The first-order chi connectivity index (χ1) is 9.76. The summed E-state index contributed by atoms with van der Waals surface area (Å²) in [5.41, 5.74) is 6.05. The number of hydrogen-bond donors (Lipinski definition) is 1. The number of esters is 1. The summed E-state index contributed by atoms with van der Waals surface area (Å²) in [6.45, 7) is 10.6. The highest BCUT2D eigenvalue weighted by atomic mass is 16.6. The van der Waals surface area contributed by atoms with Crippen molar-refractivity contribution in [1.82, 2.24) is 0 Å². The number of ether oxygens (including phenoxy) is 2. The van der Waals surface area contributed by atoms with Crippen molar-refractivity contribution in [3.05, 3.63) is 22.3 Å². The van der Waals surface area contributed by atoms with Crippen molar-refractivity contribution in [2.75, 3.05) is 19.0 Å². The molecule has 0 amide bonds. The minimum Gasteiger partial charge on any atom is -0.481 e.